The zero-order valence-corrected chi connectivity index (χ0v) is 17.0. The molecule has 2 heterocycles. The van der Waals surface area contributed by atoms with Gasteiger partial charge in [0, 0.05) is 5.56 Å². The molecular formula is C22H21N4S+. The Balaban J connectivity index is 2.16. The van der Waals surface area contributed by atoms with E-state index < -0.39 is 0 Å². The van der Waals surface area contributed by atoms with Gasteiger partial charge in [-0.15, -0.1) is 11.3 Å². The summed E-state index contributed by atoms with van der Waals surface area (Å²) in [5.41, 5.74) is 5.46. The van der Waals surface area contributed by atoms with Gasteiger partial charge in [-0.05, 0) is 45.3 Å². The average molecular weight is 374 g/mol. The lowest BCUT2D eigenvalue weighted by atomic mass is 9.80. The van der Waals surface area contributed by atoms with Crippen LogP contribution in [0.15, 0.2) is 36.7 Å². The van der Waals surface area contributed by atoms with Crippen molar-refractivity contribution in [2.75, 3.05) is 0 Å². The molecule has 0 aliphatic carbocycles. The Morgan fingerprint density at radius 3 is 2.52 bits per heavy atom. The van der Waals surface area contributed by atoms with E-state index >= 15 is 0 Å². The first-order valence-corrected chi connectivity index (χ1v) is 9.68. The second kappa shape index (κ2) is 6.11. The number of thiazole rings is 1. The van der Waals surface area contributed by atoms with Crippen molar-refractivity contribution in [1.82, 2.24) is 9.97 Å². The topological polar surface area (TPSA) is 34.0 Å². The fourth-order valence-corrected chi connectivity index (χ4v) is 4.55. The highest BCUT2D eigenvalue weighted by Crippen LogP contribution is 2.40. The number of hydrogen-bond acceptors (Lipinski definition) is 3. The van der Waals surface area contributed by atoms with E-state index in [0.29, 0.717) is 10.8 Å². The second-order valence-electron chi connectivity index (χ2n) is 7.86. The molecule has 0 aliphatic heterocycles. The maximum Gasteiger partial charge on any atom is 0.375 e. The SMILES string of the molecule is [C-]#[N+]c1nc2nc[n+](C)c(-c3cc(C(C)(C)C)c4ccccc4c3C)c2s1. The molecule has 0 bridgehead atoms. The molecule has 2 aromatic carbocycles. The Labute approximate surface area is 163 Å². The summed E-state index contributed by atoms with van der Waals surface area (Å²) in [5, 5.41) is 2.99. The fraction of sp³-hybridized carbons (Fsp3) is 0.273. The zero-order chi connectivity index (χ0) is 19.3. The van der Waals surface area contributed by atoms with Crippen LogP contribution in [-0.2, 0) is 12.5 Å². The molecule has 0 amide bonds. The van der Waals surface area contributed by atoms with Gasteiger partial charge < -0.3 is 4.85 Å². The maximum absolute atomic E-state index is 7.31. The summed E-state index contributed by atoms with van der Waals surface area (Å²) >= 11 is 1.41. The number of nitrogens with zero attached hydrogens (tertiary/aromatic N) is 4. The summed E-state index contributed by atoms with van der Waals surface area (Å²) in [4.78, 5) is 12.3. The summed E-state index contributed by atoms with van der Waals surface area (Å²) in [6.07, 6.45) is 1.79. The van der Waals surface area contributed by atoms with Crippen molar-refractivity contribution in [3.8, 4) is 11.3 Å². The smallest absolute Gasteiger partial charge is 0.351 e. The first-order chi connectivity index (χ1) is 12.8. The molecule has 0 N–H and O–H groups in total. The van der Waals surface area contributed by atoms with Crippen LogP contribution in [0.4, 0.5) is 5.13 Å². The minimum absolute atomic E-state index is 0.0160. The van der Waals surface area contributed by atoms with Crippen molar-refractivity contribution >= 4 is 37.6 Å². The summed E-state index contributed by atoms with van der Waals surface area (Å²) in [5.74, 6) is 0. The quantitative estimate of drug-likeness (QED) is 0.326. The third-order valence-corrected chi connectivity index (χ3v) is 5.94. The second-order valence-corrected chi connectivity index (χ2v) is 8.83. The molecule has 0 saturated heterocycles. The van der Waals surface area contributed by atoms with Crippen LogP contribution in [0.2, 0.25) is 0 Å². The summed E-state index contributed by atoms with van der Waals surface area (Å²) in [7, 11) is 2.00. The third-order valence-electron chi connectivity index (χ3n) is 4.99. The van der Waals surface area contributed by atoms with Crippen molar-refractivity contribution < 1.29 is 4.57 Å². The van der Waals surface area contributed by atoms with Gasteiger partial charge in [-0.3, -0.25) is 0 Å². The van der Waals surface area contributed by atoms with Crippen molar-refractivity contribution in [3.63, 3.8) is 0 Å². The van der Waals surface area contributed by atoms with Gasteiger partial charge in [0.1, 0.15) is 0 Å². The molecule has 0 fully saturated rings. The molecule has 0 saturated carbocycles. The number of hydrogen-bond donors (Lipinski definition) is 0. The van der Waals surface area contributed by atoms with Crippen LogP contribution in [0, 0.1) is 13.5 Å². The summed E-state index contributed by atoms with van der Waals surface area (Å²) in [6, 6.07) is 10.9. The van der Waals surface area contributed by atoms with Gasteiger partial charge in [0.2, 0.25) is 0 Å². The van der Waals surface area contributed by atoms with Crippen LogP contribution in [0.5, 0.6) is 0 Å². The van der Waals surface area contributed by atoms with E-state index in [1.54, 1.807) is 6.33 Å². The molecule has 0 radical (unpaired) electrons. The largest absolute Gasteiger partial charge is 0.375 e. The Morgan fingerprint density at radius 2 is 1.85 bits per heavy atom. The fourth-order valence-electron chi connectivity index (χ4n) is 3.65. The molecule has 27 heavy (non-hydrogen) atoms. The van der Waals surface area contributed by atoms with Gasteiger partial charge in [0.05, 0.1) is 7.05 Å². The van der Waals surface area contributed by atoms with E-state index in [1.165, 1.54) is 38.8 Å². The number of benzene rings is 2. The molecule has 4 aromatic rings. The van der Waals surface area contributed by atoms with Gasteiger partial charge in [0.15, 0.2) is 10.4 Å². The first kappa shape index (κ1) is 17.6. The van der Waals surface area contributed by atoms with Crippen molar-refractivity contribution in [2.45, 2.75) is 33.1 Å². The molecule has 0 unspecified atom stereocenters. The summed E-state index contributed by atoms with van der Waals surface area (Å²) in [6.45, 7) is 16.2. The molecule has 0 atom stereocenters. The number of fused-ring (bicyclic) bond motifs is 2. The van der Waals surface area contributed by atoms with Gasteiger partial charge in [-0.2, -0.15) is 0 Å². The molecular weight excluding hydrogens is 352 g/mol. The minimum Gasteiger partial charge on any atom is -0.351 e. The van der Waals surface area contributed by atoms with Gasteiger partial charge in [-0.25, -0.2) is 4.57 Å². The Bertz CT molecular complexity index is 1240. The lowest BCUT2D eigenvalue weighted by molar-refractivity contribution is -0.662. The third kappa shape index (κ3) is 2.77. The van der Waals surface area contributed by atoms with E-state index in [-0.39, 0.29) is 5.41 Å². The van der Waals surface area contributed by atoms with Crippen LogP contribution in [0.1, 0.15) is 31.9 Å². The van der Waals surface area contributed by atoms with Crippen LogP contribution in [0.3, 0.4) is 0 Å². The Kier molecular flexibility index (Phi) is 3.97. The van der Waals surface area contributed by atoms with Crippen molar-refractivity contribution in [3.05, 3.63) is 59.2 Å². The van der Waals surface area contributed by atoms with E-state index in [1.807, 2.05) is 11.6 Å². The lowest BCUT2D eigenvalue weighted by Crippen LogP contribution is -2.31. The standard InChI is InChI=1S/C22H21N4S/c1-13-14-9-7-8-10-15(14)17(22(2,3)4)11-16(13)18-19-20(24-12-26(18)6)25-21(23-5)27-19/h7-12H,1-4,6H3/q+1. The predicted molar refractivity (Wildman–Crippen MR) is 111 cm³/mol. The number of aromatic nitrogens is 3. The highest BCUT2D eigenvalue weighted by molar-refractivity contribution is 7.22. The Morgan fingerprint density at radius 1 is 1.15 bits per heavy atom. The zero-order valence-electron chi connectivity index (χ0n) is 16.2. The normalized spacial score (nSPS) is 11.9. The lowest BCUT2D eigenvalue weighted by Gasteiger charge is -2.24. The average Bonchev–Trinajstić information content (AvgIpc) is 3.05. The highest BCUT2D eigenvalue weighted by atomic mass is 32.1. The maximum atomic E-state index is 7.31. The molecule has 5 heteroatoms. The molecule has 0 spiro atoms. The van der Waals surface area contributed by atoms with E-state index in [9.17, 15) is 0 Å². The van der Waals surface area contributed by atoms with E-state index in [4.69, 9.17) is 6.57 Å². The minimum atomic E-state index is 0.0160. The monoisotopic (exact) mass is 373 g/mol. The van der Waals surface area contributed by atoms with Gasteiger partial charge >= 0.3 is 10.8 Å². The molecule has 2 aromatic heterocycles. The number of rotatable bonds is 1. The molecule has 0 aliphatic rings. The van der Waals surface area contributed by atoms with Crippen LogP contribution in [-0.4, -0.2) is 9.97 Å². The van der Waals surface area contributed by atoms with Gasteiger partial charge in [-0.1, -0.05) is 56.6 Å². The molecule has 4 rings (SSSR count). The molecule has 134 valence electrons. The van der Waals surface area contributed by atoms with E-state index in [0.717, 1.165) is 10.4 Å². The van der Waals surface area contributed by atoms with E-state index in [2.05, 4.69) is 72.8 Å². The van der Waals surface area contributed by atoms with Gasteiger partial charge in [0.25, 0.3) is 6.33 Å². The Hall–Kier alpha value is -2.84. The first-order valence-electron chi connectivity index (χ1n) is 8.87. The number of aryl methyl sites for hydroxylation is 2. The highest BCUT2D eigenvalue weighted by Gasteiger charge is 2.26. The predicted octanol–water partition coefficient (Wildman–Crippen LogP) is 5.49. The van der Waals surface area contributed by atoms with Crippen LogP contribution in [0.25, 0.3) is 37.2 Å². The van der Waals surface area contributed by atoms with Crippen molar-refractivity contribution in [2.24, 2.45) is 7.05 Å². The molecule has 4 nitrogen and oxygen atoms in total. The van der Waals surface area contributed by atoms with Crippen LogP contribution >= 0.6 is 11.3 Å². The van der Waals surface area contributed by atoms with Crippen LogP contribution < -0.4 is 4.57 Å². The summed E-state index contributed by atoms with van der Waals surface area (Å²) < 4.78 is 3.00. The van der Waals surface area contributed by atoms with Crippen molar-refractivity contribution in [1.29, 1.82) is 0 Å².